The van der Waals surface area contributed by atoms with Crippen LogP contribution in [0.4, 0.5) is 5.69 Å². The van der Waals surface area contributed by atoms with Crippen molar-refractivity contribution in [3.05, 3.63) is 59.2 Å². The number of hydrogen-bond acceptors (Lipinski definition) is 3. The Morgan fingerprint density at radius 1 is 1.18 bits per heavy atom. The van der Waals surface area contributed by atoms with Crippen LogP contribution in [-0.2, 0) is 4.79 Å². The van der Waals surface area contributed by atoms with Crippen molar-refractivity contribution in [2.24, 2.45) is 0 Å². The number of nitriles is 1. The van der Waals surface area contributed by atoms with E-state index in [2.05, 4.69) is 11.4 Å². The van der Waals surface area contributed by atoms with Gasteiger partial charge in [-0.2, -0.15) is 5.26 Å². The molecule has 0 fully saturated rings. The first kappa shape index (κ1) is 15.6. The Bertz CT molecular complexity index is 732. The van der Waals surface area contributed by atoms with E-state index < -0.39 is 6.10 Å². The molecule has 2 aromatic carbocycles. The highest BCUT2D eigenvalue weighted by molar-refractivity contribution is 5.95. The summed E-state index contributed by atoms with van der Waals surface area (Å²) >= 11 is 0. The molecule has 0 aliphatic rings. The SMILES string of the molecule is Cc1cccc(O[C@@H](C)C(=O)Nc2ccccc2C#N)c1C. The average Bonchev–Trinajstić information content (AvgIpc) is 2.52. The zero-order valence-electron chi connectivity index (χ0n) is 12.9. The number of rotatable bonds is 4. The van der Waals surface area contributed by atoms with Gasteiger partial charge in [-0.1, -0.05) is 24.3 Å². The Hall–Kier alpha value is -2.80. The molecule has 0 aliphatic heterocycles. The lowest BCUT2D eigenvalue weighted by atomic mass is 10.1. The maximum Gasteiger partial charge on any atom is 0.265 e. The van der Waals surface area contributed by atoms with E-state index >= 15 is 0 Å². The second kappa shape index (κ2) is 6.77. The zero-order chi connectivity index (χ0) is 16.1. The van der Waals surface area contributed by atoms with Gasteiger partial charge in [-0.3, -0.25) is 4.79 Å². The first-order chi connectivity index (χ1) is 10.5. The smallest absolute Gasteiger partial charge is 0.265 e. The summed E-state index contributed by atoms with van der Waals surface area (Å²) in [7, 11) is 0. The first-order valence-electron chi connectivity index (χ1n) is 7.05. The number of carbonyl (C=O) groups excluding carboxylic acids is 1. The van der Waals surface area contributed by atoms with Crippen LogP contribution in [0.15, 0.2) is 42.5 Å². The van der Waals surface area contributed by atoms with Gasteiger partial charge in [0.25, 0.3) is 5.91 Å². The summed E-state index contributed by atoms with van der Waals surface area (Å²) in [6.07, 6.45) is -0.660. The highest BCUT2D eigenvalue weighted by Gasteiger charge is 2.17. The number of carbonyl (C=O) groups is 1. The van der Waals surface area contributed by atoms with Gasteiger partial charge >= 0.3 is 0 Å². The summed E-state index contributed by atoms with van der Waals surface area (Å²) in [5, 5.41) is 11.8. The molecule has 0 heterocycles. The van der Waals surface area contributed by atoms with Gasteiger partial charge in [0.2, 0.25) is 0 Å². The monoisotopic (exact) mass is 294 g/mol. The third kappa shape index (κ3) is 3.44. The summed E-state index contributed by atoms with van der Waals surface area (Å²) in [6, 6.07) is 14.7. The van der Waals surface area contributed by atoms with Crippen LogP contribution in [0.5, 0.6) is 5.75 Å². The Morgan fingerprint density at radius 3 is 2.64 bits per heavy atom. The van der Waals surface area contributed by atoms with Gasteiger partial charge in [-0.25, -0.2) is 0 Å². The molecule has 0 spiro atoms. The van der Waals surface area contributed by atoms with Gasteiger partial charge in [0.15, 0.2) is 6.10 Å². The second-order valence-electron chi connectivity index (χ2n) is 5.10. The molecular weight excluding hydrogens is 276 g/mol. The fraction of sp³-hybridized carbons (Fsp3) is 0.222. The molecule has 0 unspecified atom stereocenters. The van der Waals surface area contributed by atoms with E-state index in [0.717, 1.165) is 11.1 Å². The van der Waals surface area contributed by atoms with Crippen molar-refractivity contribution in [3.8, 4) is 11.8 Å². The molecule has 112 valence electrons. The van der Waals surface area contributed by atoms with Gasteiger partial charge in [-0.15, -0.1) is 0 Å². The molecule has 0 saturated heterocycles. The summed E-state index contributed by atoms with van der Waals surface area (Å²) in [5.41, 5.74) is 3.04. The van der Waals surface area contributed by atoms with E-state index in [1.54, 1.807) is 31.2 Å². The predicted octanol–water partition coefficient (Wildman–Crippen LogP) is 3.58. The van der Waals surface area contributed by atoms with E-state index in [9.17, 15) is 4.79 Å². The molecule has 0 aliphatic carbocycles. The zero-order valence-corrected chi connectivity index (χ0v) is 12.9. The maximum absolute atomic E-state index is 12.2. The number of para-hydroxylation sites is 1. The molecule has 4 heteroatoms. The number of amides is 1. The molecule has 4 nitrogen and oxygen atoms in total. The number of anilines is 1. The van der Waals surface area contributed by atoms with Crippen LogP contribution in [0, 0.1) is 25.2 Å². The van der Waals surface area contributed by atoms with Crippen LogP contribution in [-0.4, -0.2) is 12.0 Å². The lowest BCUT2D eigenvalue weighted by molar-refractivity contribution is -0.122. The van der Waals surface area contributed by atoms with E-state index in [-0.39, 0.29) is 5.91 Å². The Balaban J connectivity index is 2.10. The summed E-state index contributed by atoms with van der Waals surface area (Å²) < 4.78 is 5.74. The van der Waals surface area contributed by atoms with E-state index in [0.29, 0.717) is 17.0 Å². The van der Waals surface area contributed by atoms with Crippen molar-refractivity contribution in [3.63, 3.8) is 0 Å². The number of aryl methyl sites for hydroxylation is 1. The number of nitrogens with zero attached hydrogens (tertiary/aromatic N) is 1. The van der Waals surface area contributed by atoms with Gasteiger partial charge in [0.05, 0.1) is 11.3 Å². The lowest BCUT2D eigenvalue weighted by Crippen LogP contribution is -2.30. The molecule has 0 bridgehead atoms. The van der Waals surface area contributed by atoms with Crippen molar-refractivity contribution in [1.29, 1.82) is 5.26 Å². The van der Waals surface area contributed by atoms with Crippen LogP contribution >= 0.6 is 0 Å². The van der Waals surface area contributed by atoms with Crippen LogP contribution in [0.3, 0.4) is 0 Å². The minimum absolute atomic E-state index is 0.288. The van der Waals surface area contributed by atoms with E-state index in [4.69, 9.17) is 10.00 Å². The topological polar surface area (TPSA) is 62.1 Å². The number of nitrogens with one attached hydrogen (secondary N) is 1. The number of ether oxygens (including phenoxy) is 1. The Labute approximate surface area is 130 Å². The number of benzene rings is 2. The molecule has 2 rings (SSSR count). The minimum atomic E-state index is -0.660. The molecule has 1 N–H and O–H groups in total. The predicted molar refractivity (Wildman–Crippen MR) is 85.8 cm³/mol. The van der Waals surface area contributed by atoms with E-state index in [1.807, 2.05) is 32.0 Å². The molecule has 1 amide bonds. The largest absolute Gasteiger partial charge is 0.481 e. The highest BCUT2D eigenvalue weighted by atomic mass is 16.5. The number of hydrogen-bond donors (Lipinski definition) is 1. The molecule has 0 radical (unpaired) electrons. The average molecular weight is 294 g/mol. The van der Waals surface area contributed by atoms with Gasteiger partial charge in [0, 0.05) is 0 Å². The molecule has 0 aromatic heterocycles. The van der Waals surface area contributed by atoms with Crippen LogP contribution in [0.1, 0.15) is 23.6 Å². The Kier molecular flexibility index (Phi) is 4.80. The minimum Gasteiger partial charge on any atom is -0.481 e. The lowest BCUT2D eigenvalue weighted by Gasteiger charge is -2.17. The first-order valence-corrected chi connectivity index (χ1v) is 7.05. The highest BCUT2D eigenvalue weighted by Crippen LogP contribution is 2.22. The standard InChI is InChI=1S/C18H18N2O2/c1-12-7-6-10-17(13(12)2)22-14(3)18(21)20-16-9-5-4-8-15(16)11-19/h4-10,14H,1-3H3,(H,20,21)/t14-/m0/s1. The van der Waals surface area contributed by atoms with Gasteiger partial charge in [0.1, 0.15) is 11.8 Å². The van der Waals surface area contributed by atoms with Crippen LogP contribution < -0.4 is 10.1 Å². The summed E-state index contributed by atoms with van der Waals surface area (Å²) in [4.78, 5) is 12.2. The summed E-state index contributed by atoms with van der Waals surface area (Å²) in [5.74, 6) is 0.403. The fourth-order valence-corrected chi connectivity index (χ4v) is 2.02. The van der Waals surface area contributed by atoms with Gasteiger partial charge < -0.3 is 10.1 Å². The van der Waals surface area contributed by atoms with Gasteiger partial charge in [-0.05, 0) is 50.1 Å². The quantitative estimate of drug-likeness (QED) is 0.937. The van der Waals surface area contributed by atoms with E-state index in [1.165, 1.54) is 0 Å². The Morgan fingerprint density at radius 2 is 1.91 bits per heavy atom. The summed E-state index contributed by atoms with van der Waals surface area (Å²) in [6.45, 7) is 5.64. The fourth-order valence-electron chi connectivity index (χ4n) is 2.02. The van der Waals surface area contributed by atoms with Crippen molar-refractivity contribution in [1.82, 2.24) is 0 Å². The maximum atomic E-state index is 12.2. The third-order valence-electron chi connectivity index (χ3n) is 3.53. The molecule has 2 aromatic rings. The third-order valence-corrected chi connectivity index (χ3v) is 3.53. The molecule has 0 saturated carbocycles. The molecular formula is C18H18N2O2. The van der Waals surface area contributed by atoms with Crippen molar-refractivity contribution in [2.75, 3.05) is 5.32 Å². The normalized spacial score (nSPS) is 11.4. The second-order valence-corrected chi connectivity index (χ2v) is 5.10. The molecule has 1 atom stereocenters. The van der Waals surface area contributed by atoms with Crippen molar-refractivity contribution in [2.45, 2.75) is 26.9 Å². The van der Waals surface area contributed by atoms with Crippen LogP contribution in [0.2, 0.25) is 0 Å². The van der Waals surface area contributed by atoms with Crippen molar-refractivity contribution >= 4 is 11.6 Å². The molecule has 22 heavy (non-hydrogen) atoms. The van der Waals surface area contributed by atoms with Crippen molar-refractivity contribution < 1.29 is 9.53 Å². The van der Waals surface area contributed by atoms with Crippen LogP contribution in [0.25, 0.3) is 0 Å².